The molecule has 0 amide bonds. The highest BCUT2D eigenvalue weighted by molar-refractivity contribution is 7.99. The molecule has 0 fully saturated rings. The molecule has 96 valence electrons. The Morgan fingerprint density at radius 3 is 2.71 bits per heavy atom. The molecule has 0 aliphatic rings. The zero-order valence-electron chi connectivity index (χ0n) is 11.3. The molecular weight excluding hydrogens is 226 g/mol. The summed E-state index contributed by atoms with van der Waals surface area (Å²) in [6, 6.07) is 8.92. The Balaban J connectivity index is 2.55. The van der Waals surface area contributed by atoms with E-state index in [4.69, 9.17) is 5.73 Å². The summed E-state index contributed by atoms with van der Waals surface area (Å²) in [6.45, 7) is 6.71. The molecule has 2 atom stereocenters. The average Bonchev–Trinajstić information content (AvgIpc) is 2.36. The summed E-state index contributed by atoms with van der Waals surface area (Å²) in [7, 11) is 0. The number of hydrogen-bond acceptors (Lipinski definition) is 2. The van der Waals surface area contributed by atoms with Gasteiger partial charge in [-0.25, -0.2) is 0 Å². The van der Waals surface area contributed by atoms with Gasteiger partial charge in [-0.1, -0.05) is 51.5 Å². The van der Waals surface area contributed by atoms with E-state index >= 15 is 0 Å². The maximum atomic E-state index is 6.24. The molecule has 1 aromatic carbocycles. The highest BCUT2D eigenvalue weighted by atomic mass is 32.2. The van der Waals surface area contributed by atoms with Gasteiger partial charge < -0.3 is 5.73 Å². The first kappa shape index (κ1) is 14.6. The lowest BCUT2D eigenvalue weighted by Gasteiger charge is -2.15. The fraction of sp³-hybridized carbons (Fsp3) is 0.600. The third-order valence-electron chi connectivity index (χ3n) is 3.05. The quantitative estimate of drug-likeness (QED) is 0.787. The minimum atomic E-state index is 0.172. The highest BCUT2D eigenvalue weighted by Gasteiger charge is 2.08. The van der Waals surface area contributed by atoms with Crippen molar-refractivity contribution in [3.8, 4) is 0 Å². The first-order chi connectivity index (χ1) is 8.17. The maximum Gasteiger partial charge on any atom is 0.0386 e. The normalized spacial score (nSPS) is 14.6. The highest BCUT2D eigenvalue weighted by Crippen LogP contribution is 2.22. The average molecular weight is 251 g/mol. The largest absolute Gasteiger partial charge is 0.323 e. The molecule has 0 bridgehead atoms. The minimum absolute atomic E-state index is 0.172. The summed E-state index contributed by atoms with van der Waals surface area (Å²) in [5.74, 6) is 1.02. The third kappa shape index (κ3) is 5.13. The predicted octanol–water partition coefficient (Wildman–Crippen LogP) is 4.17. The van der Waals surface area contributed by atoms with Crippen LogP contribution in [0.15, 0.2) is 24.3 Å². The van der Waals surface area contributed by atoms with Crippen molar-refractivity contribution in [1.82, 2.24) is 0 Å². The van der Waals surface area contributed by atoms with E-state index in [-0.39, 0.29) is 6.04 Å². The van der Waals surface area contributed by atoms with Crippen molar-refractivity contribution in [3.63, 3.8) is 0 Å². The second kappa shape index (κ2) is 7.78. The van der Waals surface area contributed by atoms with Crippen LogP contribution in [0.1, 0.15) is 50.8 Å². The molecule has 0 radical (unpaired) electrons. The lowest BCUT2D eigenvalue weighted by Crippen LogP contribution is -2.14. The van der Waals surface area contributed by atoms with Gasteiger partial charge in [0.25, 0.3) is 0 Å². The van der Waals surface area contributed by atoms with Crippen molar-refractivity contribution in [3.05, 3.63) is 35.4 Å². The molecule has 2 N–H and O–H groups in total. The maximum absolute atomic E-state index is 6.24. The van der Waals surface area contributed by atoms with E-state index in [1.807, 2.05) is 11.8 Å². The summed E-state index contributed by atoms with van der Waals surface area (Å²) < 4.78 is 0. The Morgan fingerprint density at radius 2 is 2.06 bits per heavy atom. The van der Waals surface area contributed by atoms with Crippen LogP contribution in [0.25, 0.3) is 0 Å². The molecule has 17 heavy (non-hydrogen) atoms. The molecule has 0 aromatic heterocycles. The second-order valence-corrected chi connectivity index (χ2v) is 6.13. The molecule has 0 aliphatic heterocycles. The van der Waals surface area contributed by atoms with E-state index in [0.29, 0.717) is 5.25 Å². The molecule has 1 rings (SSSR count). The summed E-state index contributed by atoms with van der Waals surface area (Å²) in [5, 5.41) is 0.708. The van der Waals surface area contributed by atoms with Crippen LogP contribution in [0.3, 0.4) is 0 Å². The smallest absolute Gasteiger partial charge is 0.0386 e. The minimum Gasteiger partial charge on any atom is -0.323 e. The Kier molecular flexibility index (Phi) is 6.68. The molecule has 0 aliphatic carbocycles. The topological polar surface area (TPSA) is 26.0 Å². The van der Waals surface area contributed by atoms with Gasteiger partial charge in [-0.3, -0.25) is 0 Å². The fourth-order valence-electron chi connectivity index (χ4n) is 1.75. The van der Waals surface area contributed by atoms with E-state index in [2.05, 4.69) is 45.0 Å². The van der Waals surface area contributed by atoms with Gasteiger partial charge in [0, 0.05) is 17.0 Å². The molecular formula is C15H25NS. The molecule has 1 aromatic rings. The summed E-state index contributed by atoms with van der Waals surface area (Å²) in [6.07, 6.45) is 3.56. The SMILES string of the molecule is CCCc1cccc(C(N)CSC(C)CC)c1. The van der Waals surface area contributed by atoms with E-state index < -0.39 is 0 Å². The van der Waals surface area contributed by atoms with Gasteiger partial charge in [-0.05, 0) is 24.0 Å². The molecule has 2 unspecified atom stereocenters. The van der Waals surface area contributed by atoms with Gasteiger partial charge in [-0.2, -0.15) is 11.8 Å². The van der Waals surface area contributed by atoms with Gasteiger partial charge >= 0.3 is 0 Å². The van der Waals surface area contributed by atoms with Crippen molar-refractivity contribution in [2.45, 2.75) is 51.3 Å². The van der Waals surface area contributed by atoms with Crippen LogP contribution in [-0.4, -0.2) is 11.0 Å². The van der Waals surface area contributed by atoms with E-state index in [9.17, 15) is 0 Å². The first-order valence-corrected chi connectivity index (χ1v) is 7.68. The number of benzene rings is 1. The summed E-state index contributed by atoms with van der Waals surface area (Å²) in [5.41, 5.74) is 8.94. The number of aryl methyl sites for hydroxylation is 1. The van der Waals surface area contributed by atoms with Gasteiger partial charge in [-0.15, -0.1) is 0 Å². The van der Waals surface area contributed by atoms with Crippen LogP contribution >= 0.6 is 11.8 Å². The summed E-state index contributed by atoms with van der Waals surface area (Å²) >= 11 is 1.97. The number of rotatable bonds is 7. The molecule has 2 heteroatoms. The monoisotopic (exact) mass is 251 g/mol. The van der Waals surface area contributed by atoms with Crippen LogP contribution in [0.2, 0.25) is 0 Å². The zero-order chi connectivity index (χ0) is 12.7. The van der Waals surface area contributed by atoms with Crippen LogP contribution < -0.4 is 5.73 Å². The molecule has 0 saturated carbocycles. The molecule has 1 nitrogen and oxygen atoms in total. The summed E-state index contributed by atoms with van der Waals surface area (Å²) in [4.78, 5) is 0. The van der Waals surface area contributed by atoms with Crippen LogP contribution in [0.4, 0.5) is 0 Å². The lowest BCUT2D eigenvalue weighted by atomic mass is 10.0. The van der Waals surface area contributed by atoms with Crippen molar-refractivity contribution in [2.24, 2.45) is 5.73 Å². The fourth-order valence-corrected chi connectivity index (χ4v) is 2.71. The van der Waals surface area contributed by atoms with Crippen LogP contribution in [0.5, 0.6) is 0 Å². The first-order valence-electron chi connectivity index (χ1n) is 6.63. The number of nitrogens with two attached hydrogens (primary N) is 1. The van der Waals surface area contributed by atoms with Gasteiger partial charge in [0.15, 0.2) is 0 Å². The van der Waals surface area contributed by atoms with E-state index in [1.165, 1.54) is 24.0 Å². The van der Waals surface area contributed by atoms with Crippen LogP contribution in [0, 0.1) is 0 Å². The Labute approximate surface area is 110 Å². The van der Waals surface area contributed by atoms with Crippen molar-refractivity contribution >= 4 is 11.8 Å². The lowest BCUT2D eigenvalue weighted by molar-refractivity contribution is 0.815. The van der Waals surface area contributed by atoms with Gasteiger partial charge in [0.2, 0.25) is 0 Å². The molecule has 0 heterocycles. The second-order valence-electron chi connectivity index (χ2n) is 4.65. The Bertz CT molecular complexity index is 324. The van der Waals surface area contributed by atoms with Crippen molar-refractivity contribution < 1.29 is 0 Å². The van der Waals surface area contributed by atoms with Crippen LogP contribution in [-0.2, 0) is 6.42 Å². The predicted molar refractivity (Wildman–Crippen MR) is 79.6 cm³/mol. The van der Waals surface area contributed by atoms with Gasteiger partial charge in [0.05, 0.1) is 0 Å². The Hall–Kier alpha value is -0.470. The van der Waals surface area contributed by atoms with Gasteiger partial charge in [0.1, 0.15) is 0 Å². The molecule has 0 spiro atoms. The van der Waals surface area contributed by atoms with Crippen molar-refractivity contribution in [2.75, 3.05) is 5.75 Å². The number of hydrogen-bond donors (Lipinski definition) is 1. The van der Waals surface area contributed by atoms with Crippen molar-refractivity contribution in [1.29, 1.82) is 0 Å². The zero-order valence-corrected chi connectivity index (χ0v) is 12.1. The van der Waals surface area contributed by atoms with E-state index in [1.54, 1.807) is 0 Å². The molecule has 0 saturated heterocycles. The third-order valence-corrected chi connectivity index (χ3v) is 4.51. The standard InChI is InChI=1S/C15H25NS/c1-4-7-13-8-6-9-14(10-13)15(16)11-17-12(3)5-2/h6,8-10,12,15H,4-5,7,11,16H2,1-3H3. The van der Waals surface area contributed by atoms with E-state index in [0.717, 1.165) is 12.2 Å². The number of thioether (sulfide) groups is 1. The Morgan fingerprint density at radius 1 is 1.29 bits per heavy atom.